The first kappa shape index (κ1) is 11.9. The predicted octanol–water partition coefficient (Wildman–Crippen LogP) is 2.05. The highest BCUT2D eigenvalue weighted by Crippen LogP contribution is 2.48. The average molecular weight is 208 g/mol. The molecule has 0 spiro atoms. The van der Waals surface area contributed by atoms with Gasteiger partial charge in [0.25, 0.3) is 0 Å². The lowest BCUT2D eigenvalue weighted by molar-refractivity contribution is -0.282. The van der Waals surface area contributed by atoms with Crippen molar-refractivity contribution in [2.24, 2.45) is 0 Å². The fraction of sp³-hybridized carbons (Fsp3) is 1.00. The van der Waals surface area contributed by atoms with Gasteiger partial charge in [0.05, 0.1) is 6.61 Å². The molecule has 0 aromatic carbocycles. The number of phosphoric ester groups is 1. The van der Waals surface area contributed by atoms with E-state index in [0.717, 1.165) is 0 Å². The van der Waals surface area contributed by atoms with Crippen molar-refractivity contribution in [1.29, 1.82) is 0 Å². The van der Waals surface area contributed by atoms with Crippen LogP contribution < -0.4 is 0 Å². The third-order valence-corrected chi connectivity index (χ3v) is 1.62. The number of hydrogen-bond donors (Lipinski definition) is 1. The Morgan fingerprint density at radius 2 is 2.00 bits per heavy atom. The molecule has 1 atom stereocenters. The number of hydrogen-bond acceptors (Lipinski definition) is 3. The molecule has 0 saturated heterocycles. The number of halogens is 3. The van der Waals surface area contributed by atoms with Crippen LogP contribution in [0.3, 0.4) is 0 Å². The van der Waals surface area contributed by atoms with Gasteiger partial charge >= 0.3 is 14.2 Å². The quantitative estimate of drug-likeness (QED) is 0.718. The van der Waals surface area contributed by atoms with Crippen molar-refractivity contribution >= 4 is 7.82 Å². The Kier molecular flexibility index (Phi) is 4.19. The molecule has 4 nitrogen and oxygen atoms in total. The van der Waals surface area contributed by atoms with Crippen LogP contribution in [-0.2, 0) is 13.6 Å². The second-order valence-corrected chi connectivity index (χ2v) is 3.22. The fourth-order valence-electron chi connectivity index (χ4n) is 0.364. The topological polar surface area (TPSA) is 55.8 Å². The molecule has 74 valence electrons. The third-order valence-electron chi connectivity index (χ3n) is 0.677. The molecule has 0 saturated carbocycles. The Labute approximate surface area is 66.9 Å². The van der Waals surface area contributed by atoms with Crippen molar-refractivity contribution in [2.75, 3.05) is 6.61 Å². The molecule has 1 N–H and O–H groups in total. The van der Waals surface area contributed by atoms with E-state index >= 15 is 0 Å². The van der Waals surface area contributed by atoms with E-state index in [0.29, 0.717) is 6.42 Å². The molecule has 0 aliphatic rings. The van der Waals surface area contributed by atoms with E-state index in [4.69, 9.17) is 4.89 Å². The van der Waals surface area contributed by atoms with Gasteiger partial charge < -0.3 is 4.89 Å². The standard InChI is InChI=1S/C4H8F3O4P/c1-2-3-10-12(8,9)11-4(5,6)7/h2-3H2,1H3,(H,8,9). The van der Waals surface area contributed by atoms with Crippen molar-refractivity contribution in [2.45, 2.75) is 19.7 Å². The molecule has 0 heterocycles. The van der Waals surface area contributed by atoms with Gasteiger partial charge in [0.2, 0.25) is 0 Å². The first-order chi connectivity index (χ1) is 5.27. The molecule has 0 amide bonds. The smallest absolute Gasteiger partial charge is 0.302 e. The van der Waals surface area contributed by atoms with Gasteiger partial charge in [-0.2, -0.15) is 4.52 Å². The molecule has 0 rings (SSSR count). The van der Waals surface area contributed by atoms with Gasteiger partial charge in [-0.25, -0.2) is 4.57 Å². The lowest BCUT2D eigenvalue weighted by Crippen LogP contribution is -2.12. The minimum atomic E-state index is -5.15. The van der Waals surface area contributed by atoms with Crippen molar-refractivity contribution in [3.05, 3.63) is 0 Å². The maximum atomic E-state index is 11.3. The van der Waals surface area contributed by atoms with Crippen LogP contribution in [0.2, 0.25) is 0 Å². The minimum Gasteiger partial charge on any atom is -0.302 e. The molecule has 0 aromatic heterocycles. The first-order valence-electron chi connectivity index (χ1n) is 3.01. The molecule has 12 heavy (non-hydrogen) atoms. The zero-order chi connectivity index (χ0) is 9.83. The lowest BCUT2D eigenvalue weighted by atomic mass is 10.5. The Hall–Kier alpha value is -0.100. The average Bonchev–Trinajstić information content (AvgIpc) is 1.78. The van der Waals surface area contributed by atoms with E-state index < -0.39 is 14.2 Å². The second kappa shape index (κ2) is 4.23. The monoisotopic (exact) mass is 208 g/mol. The highest BCUT2D eigenvalue weighted by atomic mass is 31.2. The van der Waals surface area contributed by atoms with E-state index in [1.54, 1.807) is 6.92 Å². The summed E-state index contributed by atoms with van der Waals surface area (Å²) in [4.78, 5) is 8.37. The summed E-state index contributed by atoms with van der Waals surface area (Å²) < 4.78 is 51.2. The van der Waals surface area contributed by atoms with Gasteiger partial charge in [0, 0.05) is 0 Å². The Balaban J connectivity index is 3.96. The van der Waals surface area contributed by atoms with Crippen molar-refractivity contribution in [3.8, 4) is 0 Å². The maximum absolute atomic E-state index is 11.3. The van der Waals surface area contributed by atoms with Crippen LogP contribution in [0.25, 0.3) is 0 Å². The van der Waals surface area contributed by atoms with Crippen LogP contribution in [0.1, 0.15) is 13.3 Å². The summed E-state index contributed by atoms with van der Waals surface area (Å²) in [6, 6.07) is 0. The van der Waals surface area contributed by atoms with Gasteiger partial charge in [-0.1, -0.05) is 6.92 Å². The number of phosphoric acid groups is 1. The summed E-state index contributed by atoms with van der Waals surface area (Å²) in [7, 11) is -4.96. The van der Waals surface area contributed by atoms with Crippen LogP contribution in [0, 0.1) is 0 Å². The molecule has 0 aliphatic heterocycles. The van der Waals surface area contributed by atoms with E-state index in [1.165, 1.54) is 0 Å². The Morgan fingerprint density at radius 1 is 1.50 bits per heavy atom. The normalized spacial score (nSPS) is 17.4. The predicted molar refractivity (Wildman–Crippen MR) is 33.2 cm³/mol. The van der Waals surface area contributed by atoms with Gasteiger partial charge in [0.1, 0.15) is 0 Å². The molecule has 0 aromatic rings. The van der Waals surface area contributed by atoms with Gasteiger partial charge in [-0.15, -0.1) is 13.2 Å². The van der Waals surface area contributed by atoms with E-state index in [9.17, 15) is 17.7 Å². The zero-order valence-corrected chi connectivity index (χ0v) is 7.06. The van der Waals surface area contributed by atoms with Gasteiger partial charge in [0.15, 0.2) is 0 Å². The van der Waals surface area contributed by atoms with Crippen LogP contribution in [-0.4, -0.2) is 17.9 Å². The van der Waals surface area contributed by atoms with Crippen LogP contribution >= 0.6 is 7.82 Å². The Morgan fingerprint density at radius 3 is 2.33 bits per heavy atom. The van der Waals surface area contributed by atoms with E-state index in [-0.39, 0.29) is 6.61 Å². The lowest BCUT2D eigenvalue weighted by Gasteiger charge is -2.12. The Bertz CT molecular complexity index is 180. The largest absolute Gasteiger partial charge is 0.531 e. The molecular weight excluding hydrogens is 200 g/mol. The van der Waals surface area contributed by atoms with Crippen molar-refractivity contribution < 1.29 is 31.7 Å². The molecular formula is C4H8F3O4P. The van der Waals surface area contributed by atoms with Gasteiger partial charge in [-0.05, 0) is 6.42 Å². The third kappa shape index (κ3) is 6.60. The summed E-state index contributed by atoms with van der Waals surface area (Å²) >= 11 is 0. The maximum Gasteiger partial charge on any atom is 0.531 e. The molecule has 8 heteroatoms. The number of rotatable bonds is 4. The number of alkyl halides is 3. The summed E-state index contributed by atoms with van der Waals surface area (Å²) in [5, 5.41) is 0. The first-order valence-corrected chi connectivity index (χ1v) is 4.51. The van der Waals surface area contributed by atoms with Crippen LogP contribution in [0.15, 0.2) is 0 Å². The van der Waals surface area contributed by atoms with Gasteiger partial charge in [-0.3, -0.25) is 4.52 Å². The van der Waals surface area contributed by atoms with E-state index in [2.05, 4.69) is 9.05 Å². The second-order valence-electron chi connectivity index (χ2n) is 1.84. The molecule has 1 unspecified atom stereocenters. The molecule has 0 bridgehead atoms. The molecule has 0 fully saturated rings. The summed E-state index contributed by atoms with van der Waals surface area (Å²) in [6.45, 7) is 1.32. The summed E-state index contributed by atoms with van der Waals surface area (Å²) in [6.07, 6.45) is -4.83. The zero-order valence-electron chi connectivity index (χ0n) is 6.17. The SMILES string of the molecule is CCCOP(=O)(O)OC(F)(F)F. The summed E-state index contributed by atoms with van der Waals surface area (Å²) in [5.41, 5.74) is 0. The highest BCUT2D eigenvalue weighted by Gasteiger charge is 2.40. The van der Waals surface area contributed by atoms with Crippen LogP contribution in [0.4, 0.5) is 13.2 Å². The van der Waals surface area contributed by atoms with Crippen molar-refractivity contribution in [3.63, 3.8) is 0 Å². The minimum absolute atomic E-state index is 0.260. The van der Waals surface area contributed by atoms with E-state index in [1.807, 2.05) is 0 Å². The fourth-order valence-corrected chi connectivity index (χ4v) is 1.09. The van der Waals surface area contributed by atoms with Crippen molar-refractivity contribution in [1.82, 2.24) is 0 Å². The summed E-state index contributed by atoms with van der Waals surface area (Å²) in [5.74, 6) is 0. The molecule has 0 aliphatic carbocycles. The van der Waals surface area contributed by atoms with Crippen LogP contribution in [0.5, 0.6) is 0 Å². The molecule has 0 radical (unpaired) electrons. The highest BCUT2D eigenvalue weighted by molar-refractivity contribution is 7.47.